The van der Waals surface area contributed by atoms with Gasteiger partial charge in [0.25, 0.3) is 5.56 Å². The van der Waals surface area contributed by atoms with Gasteiger partial charge in [-0.3, -0.25) is 9.36 Å². The van der Waals surface area contributed by atoms with Crippen LogP contribution in [0.4, 0.5) is 8.78 Å². The summed E-state index contributed by atoms with van der Waals surface area (Å²) in [7, 11) is 0. The Morgan fingerprint density at radius 3 is 2.60 bits per heavy atom. The largest absolute Gasteiger partial charge is 0.491 e. The van der Waals surface area contributed by atoms with Crippen molar-refractivity contribution in [2.75, 3.05) is 6.61 Å². The fourth-order valence-electron chi connectivity index (χ4n) is 2.39. The number of hydrogen-bond donors (Lipinski definition) is 1. The van der Waals surface area contributed by atoms with Crippen LogP contribution < -0.4 is 10.3 Å². The van der Waals surface area contributed by atoms with E-state index in [-0.39, 0.29) is 24.1 Å². The van der Waals surface area contributed by atoms with Gasteiger partial charge < -0.3 is 9.84 Å². The van der Waals surface area contributed by atoms with Crippen molar-refractivity contribution >= 4 is 10.9 Å². The van der Waals surface area contributed by atoms with E-state index in [0.29, 0.717) is 5.75 Å². The first kappa shape index (κ1) is 17.0. The summed E-state index contributed by atoms with van der Waals surface area (Å²) in [6.45, 7) is 1.85. The lowest BCUT2D eigenvalue weighted by Gasteiger charge is -2.14. The number of hydrogen-bond acceptors (Lipinski definition) is 4. The number of aromatic nitrogens is 2. The average molecular weight is 346 g/mol. The molecular weight excluding hydrogens is 330 g/mol. The highest BCUT2D eigenvalue weighted by molar-refractivity contribution is 5.77. The molecule has 1 unspecified atom stereocenters. The molecule has 25 heavy (non-hydrogen) atoms. The quantitative estimate of drug-likeness (QED) is 0.771. The van der Waals surface area contributed by atoms with E-state index in [9.17, 15) is 18.7 Å². The first-order chi connectivity index (χ1) is 11.9. The second-order valence-corrected chi connectivity index (χ2v) is 5.76. The second-order valence-electron chi connectivity index (χ2n) is 5.76. The van der Waals surface area contributed by atoms with Crippen LogP contribution in [0.2, 0.25) is 0 Å². The molecule has 3 rings (SSSR count). The van der Waals surface area contributed by atoms with Crippen molar-refractivity contribution in [3.05, 3.63) is 70.3 Å². The maximum absolute atomic E-state index is 13.3. The maximum atomic E-state index is 13.3. The summed E-state index contributed by atoms with van der Waals surface area (Å²) in [6, 6.07) is 9.01. The van der Waals surface area contributed by atoms with E-state index in [4.69, 9.17) is 4.74 Å². The van der Waals surface area contributed by atoms with Crippen LogP contribution in [0.25, 0.3) is 10.9 Å². The van der Waals surface area contributed by atoms with Gasteiger partial charge in [-0.15, -0.1) is 0 Å². The zero-order chi connectivity index (χ0) is 18.0. The van der Waals surface area contributed by atoms with Gasteiger partial charge >= 0.3 is 0 Å². The summed E-state index contributed by atoms with van der Waals surface area (Å²) >= 11 is 0. The third kappa shape index (κ3) is 3.83. The van der Waals surface area contributed by atoms with Crippen LogP contribution in [-0.4, -0.2) is 27.4 Å². The monoisotopic (exact) mass is 346 g/mol. The van der Waals surface area contributed by atoms with E-state index in [1.54, 1.807) is 12.1 Å². The molecule has 130 valence electrons. The maximum Gasteiger partial charge on any atom is 0.261 e. The van der Waals surface area contributed by atoms with E-state index in [1.807, 2.05) is 19.1 Å². The number of rotatable bonds is 5. The summed E-state index contributed by atoms with van der Waals surface area (Å²) in [5.74, 6) is -1.58. The Morgan fingerprint density at radius 1 is 1.20 bits per heavy atom. The summed E-state index contributed by atoms with van der Waals surface area (Å²) < 4.78 is 33.1. The van der Waals surface area contributed by atoms with Gasteiger partial charge in [-0.2, -0.15) is 0 Å². The number of fused-ring (bicyclic) bond motifs is 1. The summed E-state index contributed by atoms with van der Waals surface area (Å²) in [5.41, 5.74) is 0.592. The third-order valence-corrected chi connectivity index (χ3v) is 3.74. The van der Waals surface area contributed by atoms with Gasteiger partial charge in [-0.1, -0.05) is 17.7 Å². The number of aliphatic hydroxyl groups is 1. The van der Waals surface area contributed by atoms with Gasteiger partial charge in [0.15, 0.2) is 11.6 Å². The first-order valence-corrected chi connectivity index (χ1v) is 7.66. The van der Waals surface area contributed by atoms with Crippen LogP contribution in [0.1, 0.15) is 5.56 Å². The molecule has 0 aliphatic rings. The van der Waals surface area contributed by atoms with Gasteiger partial charge in [0, 0.05) is 6.07 Å². The van der Waals surface area contributed by atoms with Crippen LogP contribution in [-0.2, 0) is 6.54 Å². The Kier molecular flexibility index (Phi) is 4.76. The number of aryl methyl sites for hydroxylation is 1. The number of halogens is 2. The van der Waals surface area contributed by atoms with Crippen molar-refractivity contribution in [1.29, 1.82) is 0 Å². The Balaban J connectivity index is 1.73. The predicted octanol–water partition coefficient (Wildman–Crippen LogP) is 2.42. The Labute approximate surface area is 142 Å². The van der Waals surface area contributed by atoms with Crippen LogP contribution in [0.5, 0.6) is 5.75 Å². The fourth-order valence-corrected chi connectivity index (χ4v) is 2.39. The van der Waals surface area contributed by atoms with Gasteiger partial charge in [-0.05, 0) is 25.1 Å². The minimum atomic E-state index is -1.12. The fraction of sp³-hybridized carbons (Fsp3) is 0.222. The van der Waals surface area contributed by atoms with E-state index in [1.165, 1.54) is 6.33 Å². The van der Waals surface area contributed by atoms with Crippen molar-refractivity contribution in [1.82, 2.24) is 9.55 Å². The standard InChI is InChI=1S/C18H16F2N2O3/c1-11-2-4-13(5-3-11)25-9-12(23)8-22-10-21-17-7-16(20)15(19)6-14(17)18(22)24/h2-7,10,12,23H,8-9H2,1H3. The topological polar surface area (TPSA) is 64.3 Å². The summed E-state index contributed by atoms with van der Waals surface area (Å²) in [5, 5.41) is 10.0. The van der Waals surface area contributed by atoms with Crippen molar-refractivity contribution < 1.29 is 18.6 Å². The molecule has 1 N–H and O–H groups in total. The SMILES string of the molecule is Cc1ccc(OCC(O)Cn2cnc3cc(F)c(F)cc3c2=O)cc1. The zero-order valence-corrected chi connectivity index (χ0v) is 13.4. The highest BCUT2D eigenvalue weighted by Crippen LogP contribution is 2.14. The van der Waals surface area contributed by atoms with Crippen LogP contribution in [0, 0.1) is 18.6 Å². The average Bonchev–Trinajstić information content (AvgIpc) is 2.59. The normalized spacial score (nSPS) is 12.3. The molecule has 0 bridgehead atoms. The van der Waals surface area contributed by atoms with Crippen LogP contribution in [0.15, 0.2) is 47.5 Å². The molecule has 0 aliphatic carbocycles. The van der Waals surface area contributed by atoms with Gasteiger partial charge in [0.1, 0.15) is 18.5 Å². The van der Waals surface area contributed by atoms with Crippen molar-refractivity contribution in [3.63, 3.8) is 0 Å². The molecule has 0 saturated heterocycles. The highest BCUT2D eigenvalue weighted by Gasteiger charge is 2.13. The van der Waals surface area contributed by atoms with Crippen LogP contribution >= 0.6 is 0 Å². The lowest BCUT2D eigenvalue weighted by atomic mass is 10.2. The molecule has 1 heterocycles. The zero-order valence-electron chi connectivity index (χ0n) is 13.4. The van der Waals surface area contributed by atoms with E-state index >= 15 is 0 Å². The second kappa shape index (κ2) is 6.98. The first-order valence-electron chi connectivity index (χ1n) is 7.66. The molecule has 2 aromatic carbocycles. The molecule has 0 saturated carbocycles. The molecule has 1 aromatic heterocycles. The van der Waals surface area contributed by atoms with Crippen molar-refractivity contribution in [2.45, 2.75) is 19.6 Å². The number of nitrogens with zero attached hydrogens (tertiary/aromatic N) is 2. The molecule has 5 nitrogen and oxygen atoms in total. The molecule has 0 fully saturated rings. The van der Waals surface area contributed by atoms with Crippen LogP contribution in [0.3, 0.4) is 0 Å². The number of ether oxygens (including phenoxy) is 1. The lowest BCUT2D eigenvalue weighted by Crippen LogP contribution is -2.30. The molecule has 0 radical (unpaired) electrons. The lowest BCUT2D eigenvalue weighted by molar-refractivity contribution is 0.0915. The predicted molar refractivity (Wildman–Crippen MR) is 88.6 cm³/mol. The van der Waals surface area contributed by atoms with E-state index in [2.05, 4.69) is 4.98 Å². The molecule has 1 atom stereocenters. The highest BCUT2D eigenvalue weighted by atomic mass is 19.2. The van der Waals surface area contributed by atoms with E-state index in [0.717, 1.165) is 22.3 Å². The molecule has 7 heteroatoms. The van der Waals surface area contributed by atoms with Crippen molar-refractivity contribution in [2.24, 2.45) is 0 Å². The van der Waals surface area contributed by atoms with Gasteiger partial charge in [-0.25, -0.2) is 13.8 Å². The smallest absolute Gasteiger partial charge is 0.261 e. The van der Waals surface area contributed by atoms with Gasteiger partial charge in [0.05, 0.1) is 23.8 Å². The molecule has 0 aliphatic heterocycles. The minimum absolute atomic E-state index is 0.0225. The Morgan fingerprint density at radius 2 is 1.88 bits per heavy atom. The third-order valence-electron chi connectivity index (χ3n) is 3.74. The minimum Gasteiger partial charge on any atom is -0.491 e. The summed E-state index contributed by atoms with van der Waals surface area (Å²) in [6.07, 6.45) is 0.223. The van der Waals surface area contributed by atoms with E-state index < -0.39 is 23.3 Å². The Hall–Kier alpha value is -2.80. The van der Waals surface area contributed by atoms with Crippen molar-refractivity contribution in [3.8, 4) is 5.75 Å². The Bertz CT molecular complexity index is 955. The molecule has 0 spiro atoms. The molecule has 0 amide bonds. The molecular formula is C18H16F2N2O3. The number of benzene rings is 2. The molecule has 3 aromatic rings. The summed E-state index contributed by atoms with van der Waals surface area (Å²) in [4.78, 5) is 16.3. The number of aliphatic hydroxyl groups excluding tert-OH is 1. The van der Waals surface area contributed by atoms with Gasteiger partial charge in [0.2, 0.25) is 0 Å².